The summed E-state index contributed by atoms with van der Waals surface area (Å²) < 4.78 is 0. The third kappa shape index (κ3) is 4.63. The van der Waals surface area contributed by atoms with E-state index in [9.17, 15) is 19.2 Å². The van der Waals surface area contributed by atoms with Crippen LogP contribution in [0, 0.1) is 0 Å². The summed E-state index contributed by atoms with van der Waals surface area (Å²) in [5.41, 5.74) is 1.86. The van der Waals surface area contributed by atoms with Gasteiger partial charge in [-0.25, -0.2) is 9.80 Å². The summed E-state index contributed by atoms with van der Waals surface area (Å²) >= 11 is 49.3. The predicted molar refractivity (Wildman–Crippen MR) is 171 cm³/mol. The van der Waals surface area contributed by atoms with E-state index in [0.29, 0.717) is 17.8 Å². The van der Waals surface area contributed by atoms with E-state index < -0.39 is 23.6 Å². The number of amides is 4. The highest BCUT2D eigenvalue weighted by atomic mass is 35.5. The van der Waals surface area contributed by atoms with Crippen LogP contribution in [0.4, 0.5) is 11.4 Å². The van der Waals surface area contributed by atoms with Gasteiger partial charge in [0.25, 0.3) is 23.6 Å². The molecule has 0 aromatic heterocycles. The van der Waals surface area contributed by atoms with Gasteiger partial charge in [0.1, 0.15) is 0 Å². The second-order valence-corrected chi connectivity index (χ2v) is 12.4. The molecule has 0 unspecified atom stereocenters. The number of hydrogen-bond acceptors (Lipinski definition) is 4. The lowest BCUT2D eigenvalue weighted by Gasteiger charge is -2.15. The number of anilines is 2. The van der Waals surface area contributed by atoms with Crippen LogP contribution in [0.25, 0.3) is 0 Å². The van der Waals surface area contributed by atoms with E-state index in [4.69, 9.17) is 92.8 Å². The van der Waals surface area contributed by atoms with Crippen LogP contribution < -0.4 is 9.80 Å². The van der Waals surface area contributed by atoms with Gasteiger partial charge in [0.2, 0.25) is 0 Å². The topological polar surface area (TPSA) is 74.8 Å². The van der Waals surface area contributed by atoms with Crippen molar-refractivity contribution >= 4 is 128 Å². The summed E-state index contributed by atoms with van der Waals surface area (Å²) in [6, 6.07) is 13.4. The zero-order valence-corrected chi connectivity index (χ0v) is 26.9. The van der Waals surface area contributed by atoms with Gasteiger partial charge >= 0.3 is 0 Å². The van der Waals surface area contributed by atoms with Crippen molar-refractivity contribution < 1.29 is 19.2 Å². The molecule has 0 saturated heterocycles. The van der Waals surface area contributed by atoms with Gasteiger partial charge in [-0.1, -0.05) is 117 Å². The summed E-state index contributed by atoms with van der Waals surface area (Å²) in [6.07, 6.45) is 0.455. The highest BCUT2D eigenvalue weighted by molar-refractivity contribution is 6.57. The average Bonchev–Trinajstić information content (AvgIpc) is 3.41. The first-order valence-electron chi connectivity index (χ1n) is 12.0. The Morgan fingerprint density at radius 3 is 0.837 bits per heavy atom. The quantitative estimate of drug-likeness (QED) is 0.119. The number of fused-ring (bicyclic) bond motifs is 2. The number of benzene rings is 4. The minimum atomic E-state index is -0.672. The SMILES string of the molecule is O=C1c2c(Cl)c(Cl)c(Cl)c(Cl)c2C(=O)N1c1ccc(Cc2ccc(N3C(=O)c4c(Cl)c(Cl)c(Cl)c(Cl)c4C3=O)cc2)cc1. The lowest BCUT2D eigenvalue weighted by atomic mass is 10.0. The van der Waals surface area contributed by atoms with Crippen LogP contribution in [0.3, 0.4) is 0 Å². The van der Waals surface area contributed by atoms with E-state index in [1.54, 1.807) is 48.5 Å². The Morgan fingerprint density at radius 2 is 0.605 bits per heavy atom. The molecule has 0 spiro atoms. The molecule has 0 saturated carbocycles. The number of rotatable bonds is 4. The summed E-state index contributed by atoms with van der Waals surface area (Å²) in [4.78, 5) is 54.4. The van der Waals surface area contributed by atoms with Crippen LogP contribution in [-0.4, -0.2) is 23.6 Å². The lowest BCUT2D eigenvalue weighted by Crippen LogP contribution is -2.29. The van der Waals surface area contributed by atoms with Crippen LogP contribution in [0.5, 0.6) is 0 Å². The van der Waals surface area contributed by atoms with Crippen LogP contribution in [0.1, 0.15) is 52.6 Å². The van der Waals surface area contributed by atoms with E-state index in [1.807, 2.05) is 0 Å². The zero-order chi connectivity index (χ0) is 31.1. The van der Waals surface area contributed by atoms with Gasteiger partial charge in [-0.15, -0.1) is 0 Å². The van der Waals surface area contributed by atoms with Gasteiger partial charge in [-0.05, 0) is 41.8 Å². The molecule has 43 heavy (non-hydrogen) atoms. The van der Waals surface area contributed by atoms with Crippen molar-refractivity contribution in [2.75, 3.05) is 9.80 Å². The molecule has 0 aliphatic carbocycles. The highest BCUT2D eigenvalue weighted by Crippen LogP contribution is 2.47. The molecule has 0 radical (unpaired) electrons. The van der Waals surface area contributed by atoms with E-state index >= 15 is 0 Å². The smallest absolute Gasteiger partial charge is 0.267 e. The number of carbonyl (C=O) groups is 4. The molecule has 6 rings (SSSR count). The minimum Gasteiger partial charge on any atom is -0.268 e. The summed E-state index contributed by atoms with van der Waals surface area (Å²) in [7, 11) is 0. The largest absolute Gasteiger partial charge is 0.268 e. The second kappa shape index (κ2) is 11.1. The standard InChI is InChI=1S/C29H10Cl8N2O4/c30-18-14-15(19(31)23(35)22(18)34)27(41)38(26(14)40)12-5-1-10(2-6-12)9-11-3-7-13(8-4-11)39-28(42)16-17(29(39)43)21(33)25(37)24(36)20(16)32/h1-8H,9H2. The molecule has 216 valence electrons. The number of hydrogen-bond donors (Lipinski definition) is 0. The molecule has 0 N–H and O–H groups in total. The van der Waals surface area contributed by atoms with Gasteiger partial charge in [-0.2, -0.15) is 0 Å². The fraction of sp³-hybridized carbons (Fsp3) is 0.0345. The number of imide groups is 2. The van der Waals surface area contributed by atoms with Crippen LogP contribution in [0.2, 0.25) is 40.2 Å². The maximum Gasteiger partial charge on any atom is 0.267 e. The maximum atomic E-state index is 13.1. The maximum absolute atomic E-state index is 13.1. The second-order valence-electron chi connectivity index (χ2n) is 9.41. The van der Waals surface area contributed by atoms with Crippen molar-refractivity contribution in [3.8, 4) is 0 Å². The Hall–Kier alpha value is -2.52. The Balaban J connectivity index is 1.22. The monoisotopic (exact) mass is 730 g/mol. The molecule has 0 bridgehead atoms. The Labute approximate surface area is 283 Å². The zero-order valence-electron chi connectivity index (χ0n) is 20.9. The predicted octanol–water partition coefficient (Wildman–Crippen LogP) is 10.1. The summed E-state index contributed by atoms with van der Waals surface area (Å²) in [5.74, 6) is -2.69. The van der Waals surface area contributed by atoms with E-state index in [1.165, 1.54) is 0 Å². The van der Waals surface area contributed by atoms with Crippen molar-refractivity contribution in [1.82, 2.24) is 0 Å². The number of nitrogens with zero attached hydrogens (tertiary/aromatic N) is 2. The fourth-order valence-corrected chi connectivity index (χ4v) is 6.96. The summed E-state index contributed by atoms with van der Waals surface area (Å²) in [6.45, 7) is 0. The number of halogens is 8. The first-order chi connectivity index (χ1) is 20.3. The van der Waals surface area contributed by atoms with Crippen molar-refractivity contribution in [3.05, 3.63) is 122 Å². The van der Waals surface area contributed by atoms with Crippen LogP contribution in [0.15, 0.2) is 48.5 Å². The van der Waals surface area contributed by atoms with Crippen LogP contribution in [-0.2, 0) is 6.42 Å². The third-order valence-electron chi connectivity index (χ3n) is 7.00. The van der Waals surface area contributed by atoms with Gasteiger partial charge < -0.3 is 0 Å². The molecule has 4 amide bonds. The first-order valence-corrected chi connectivity index (χ1v) is 15.0. The Morgan fingerprint density at radius 1 is 0.372 bits per heavy atom. The molecule has 6 nitrogen and oxygen atoms in total. The molecular weight excluding hydrogens is 724 g/mol. The van der Waals surface area contributed by atoms with Crippen molar-refractivity contribution in [2.45, 2.75) is 6.42 Å². The Bertz CT molecular complexity index is 1720. The third-order valence-corrected chi connectivity index (χ3v) is 10.6. The molecule has 14 heteroatoms. The molecule has 4 aromatic rings. The van der Waals surface area contributed by atoms with Crippen LogP contribution >= 0.6 is 92.8 Å². The highest BCUT2D eigenvalue weighted by Gasteiger charge is 2.43. The van der Waals surface area contributed by atoms with Crippen molar-refractivity contribution in [1.29, 1.82) is 0 Å². The van der Waals surface area contributed by atoms with E-state index in [2.05, 4.69) is 0 Å². The fourth-order valence-electron chi connectivity index (χ4n) is 4.93. The Kier molecular flexibility index (Phi) is 7.89. The molecule has 0 atom stereocenters. The first kappa shape index (κ1) is 30.5. The average molecular weight is 734 g/mol. The molecule has 2 aliphatic rings. The van der Waals surface area contributed by atoms with E-state index in [-0.39, 0.29) is 62.4 Å². The van der Waals surface area contributed by atoms with Gasteiger partial charge in [0, 0.05) is 0 Å². The van der Waals surface area contributed by atoms with Crippen molar-refractivity contribution in [3.63, 3.8) is 0 Å². The van der Waals surface area contributed by atoms with Gasteiger partial charge in [-0.3, -0.25) is 19.2 Å². The normalized spacial score (nSPS) is 14.2. The number of carbonyl (C=O) groups excluding carboxylic acids is 4. The lowest BCUT2D eigenvalue weighted by molar-refractivity contribution is 0.0910. The molecule has 2 heterocycles. The van der Waals surface area contributed by atoms with Gasteiger partial charge in [0.15, 0.2) is 0 Å². The molecular formula is C29H10Cl8N2O4. The summed E-state index contributed by atoms with van der Waals surface area (Å²) in [5, 5.41) is -1.03. The van der Waals surface area contributed by atoms with Crippen molar-refractivity contribution in [2.24, 2.45) is 0 Å². The van der Waals surface area contributed by atoms with E-state index in [0.717, 1.165) is 20.9 Å². The molecule has 0 fully saturated rings. The molecule has 2 aliphatic heterocycles. The molecule has 4 aromatic carbocycles. The van der Waals surface area contributed by atoms with Gasteiger partial charge in [0.05, 0.1) is 73.8 Å². The minimum absolute atomic E-state index is 0.107.